The van der Waals surface area contributed by atoms with Gasteiger partial charge in [-0.2, -0.15) is 0 Å². The van der Waals surface area contributed by atoms with Crippen molar-refractivity contribution in [1.29, 1.82) is 5.41 Å². The van der Waals surface area contributed by atoms with Crippen LogP contribution in [0.2, 0.25) is 0 Å². The first-order valence-corrected chi connectivity index (χ1v) is 4.42. The molecule has 0 aromatic heterocycles. The van der Waals surface area contributed by atoms with Crippen molar-refractivity contribution in [1.82, 2.24) is 0 Å². The summed E-state index contributed by atoms with van der Waals surface area (Å²) >= 11 is 0. The van der Waals surface area contributed by atoms with Gasteiger partial charge in [0.15, 0.2) is 0 Å². The van der Waals surface area contributed by atoms with Crippen molar-refractivity contribution in [3.8, 4) is 0 Å². The van der Waals surface area contributed by atoms with E-state index in [1.165, 1.54) is 11.8 Å². The molecule has 0 spiro atoms. The zero-order valence-corrected chi connectivity index (χ0v) is 9.00. The van der Waals surface area contributed by atoms with Gasteiger partial charge in [0.05, 0.1) is 0 Å². The van der Waals surface area contributed by atoms with Gasteiger partial charge in [-0.25, -0.2) is 0 Å². The first-order valence-electron chi connectivity index (χ1n) is 4.42. The molecule has 0 amide bonds. The number of rotatable bonds is 5. The molecule has 0 heterocycles. The lowest BCUT2D eigenvalue weighted by atomic mass is 10.3. The lowest BCUT2D eigenvalue weighted by molar-refractivity contribution is 0.324. The zero-order chi connectivity index (χ0) is 11.0. The van der Waals surface area contributed by atoms with Gasteiger partial charge in [0, 0.05) is 6.21 Å². The Morgan fingerprint density at radius 1 is 1.21 bits per heavy atom. The Morgan fingerprint density at radius 2 is 1.86 bits per heavy atom. The van der Waals surface area contributed by atoms with E-state index in [-0.39, 0.29) is 0 Å². The molecule has 0 saturated carbocycles. The van der Waals surface area contributed by atoms with E-state index in [0.717, 1.165) is 5.76 Å². The van der Waals surface area contributed by atoms with E-state index in [1.54, 1.807) is 12.2 Å². The first kappa shape index (κ1) is 12.4. The second-order valence-electron chi connectivity index (χ2n) is 3.12. The SMILES string of the molecule is C=C(/C=C\C=N)O/C(C)=C/C=C(C)C. The van der Waals surface area contributed by atoms with Crippen LogP contribution in [0.1, 0.15) is 20.8 Å². The lowest BCUT2D eigenvalue weighted by Crippen LogP contribution is -1.85. The summed E-state index contributed by atoms with van der Waals surface area (Å²) in [6.07, 6.45) is 8.26. The molecule has 0 aromatic carbocycles. The molecule has 0 fully saturated rings. The fourth-order valence-corrected chi connectivity index (χ4v) is 0.714. The molecule has 1 N–H and O–H groups in total. The fourth-order valence-electron chi connectivity index (χ4n) is 0.714. The number of nitrogens with one attached hydrogen (secondary N) is 1. The van der Waals surface area contributed by atoms with Crippen LogP contribution in [0.15, 0.2) is 48.0 Å². The summed E-state index contributed by atoms with van der Waals surface area (Å²) in [6.45, 7) is 9.59. The molecular formula is C12H17NO. The third kappa shape index (κ3) is 7.10. The minimum atomic E-state index is 0.532. The third-order valence-electron chi connectivity index (χ3n) is 1.32. The van der Waals surface area contributed by atoms with E-state index in [4.69, 9.17) is 10.1 Å². The van der Waals surface area contributed by atoms with E-state index in [0.29, 0.717) is 5.76 Å². The maximum absolute atomic E-state index is 6.78. The minimum absolute atomic E-state index is 0.532. The lowest BCUT2D eigenvalue weighted by Gasteiger charge is -2.03. The standard InChI is InChI=1S/C12H17NO/c1-10(2)7-8-12(4)14-11(3)6-5-9-13/h5-9,13H,3H2,1-2,4H3/b6-5-,12-8+,13-9?. The molecular weight excluding hydrogens is 174 g/mol. The van der Waals surface area contributed by atoms with Crippen molar-refractivity contribution in [2.24, 2.45) is 0 Å². The van der Waals surface area contributed by atoms with Crippen molar-refractivity contribution < 1.29 is 4.74 Å². The van der Waals surface area contributed by atoms with Gasteiger partial charge in [0.25, 0.3) is 0 Å². The average molecular weight is 191 g/mol. The third-order valence-corrected chi connectivity index (χ3v) is 1.32. The highest BCUT2D eigenvalue weighted by Crippen LogP contribution is 2.05. The van der Waals surface area contributed by atoms with Crippen LogP contribution < -0.4 is 0 Å². The number of hydrogen-bond acceptors (Lipinski definition) is 2. The first-order chi connectivity index (χ1) is 6.56. The number of allylic oxidation sites excluding steroid dienone is 6. The molecule has 2 nitrogen and oxygen atoms in total. The van der Waals surface area contributed by atoms with Crippen molar-refractivity contribution in [3.05, 3.63) is 48.0 Å². The highest BCUT2D eigenvalue weighted by molar-refractivity contribution is 5.68. The Morgan fingerprint density at radius 3 is 2.36 bits per heavy atom. The summed E-state index contributed by atoms with van der Waals surface area (Å²) in [5.41, 5.74) is 1.22. The van der Waals surface area contributed by atoms with Crippen LogP contribution in [-0.2, 0) is 4.74 Å². The highest BCUT2D eigenvalue weighted by atomic mass is 16.5. The summed E-state index contributed by atoms with van der Waals surface area (Å²) < 4.78 is 5.33. The van der Waals surface area contributed by atoms with Crippen LogP contribution in [-0.4, -0.2) is 6.21 Å². The Kier molecular flexibility index (Phi) is 6.12. The quantitative estimate of drug-likeness (QED) is 0.402. The maximum Gasteiger partial charge on any atom is 0.119 e. The molecule has 14 heavy (non-hydrogen) atoms. The fraction of sp³-hybridized carbons (Fsp3) is 0.250. The van der Waals surface area contributed by atoms with Crippen molar-refractivity contribution in [2.45, 2.75) is 20.8 Å². The predicted molar refractivity (Wildman–Crippen MR) is 61.3 cm³/mol. The topological polar surface area (TPSA) is 33.1 Å². The minimum Gasteiger partial charge on any atom is -0.463 e. The monoisotopic (exact) mass is 191 g/mol. The van der Waals surface area contributed by atoms with Gasteiger partial charge < -0.3 is 10.1 Å². The van der Waals surface area contributed by atoms with E-state index in [2.05, 4.69) is 6.58 Å². The van der Waals surface area contributed by atoms with Crippen molar-refractivity contribution >= 4 is 6.21 Å². The van der Waals surface area contributed by atoms with Gasteiger partial charge in [-0.05, 0) is 39.0 Å². The normalized spacial score (nSPS) is 11.2. The van der Waals surface area contributed by atoms with Gasteiger partial charge in [0.2, 0.25) is 0 Å². The molecule has 0 aromatic rings. The number of ether oxygens (including phenoxy) is 1. The summed E-state index contributed by atoms with van der Waals surface area (Å²) in [6, 6.07) is 0. The van der Waals surface area contributed by atoms with Crippen LogP contribution in [0.4, 0.5) is 0 Å². The van der Waals surface area contributed by atoms with E-state index >= 15 is 0 Å². The molecule has 0 aliphatic heterocycles. The van der Waals surface area contributed by atoms with Crippen molar-refractivity contribution in [2.75, 3.05) is 0 Å². The summed E-state index contributed by atoms with van der Waals surface area (Å²) in [5, 5.41) is 6.78. The van der Waals surface area contributed by atoms with Crippen molar-refractivity contribution in [3.63, 3.8) is 0 Å². The van der Waals surface area contributed by atoms with Gasteiger partial charge in [-0.3, -0.25) is 0 Å². The Hall–Kier alpha value is -1.57. The van der Waals surface area contributed by atoms with Gasteiger partial charge in [-0.1, -0.05) is 18.2 Å². The predicted octanol–water partition coefficient (Wildman–Crippen LogP) is 3.59. The molecule has 0 radical (unpaired) electrons. The summed E-state index contributed by atoms with van der Waals surface area (Å²) in [7, 11) is 0. The molecule has 0 saturated heterocycles. The molecule has 0 aliphatic carbocycles. The molecule has 0 unspecified atom stereocenters. The molecule has 0 rings (SSSR count). The van der Waals surface area contributed by atoms with Crippen LogP contribution in [0, 0.1) is 5.41 Å². The smallest absolute Gasteiger partial charge is 0.119 e. The van der Waals surface area contributed by atoms with E-state index in [9.17, 15) is 0 Å². The van der Waals surface area contributed by atoms with Crippen LogP contribution in [0.5, 0.6) is 0 Å². The molecule has 76 valence electrons. The van der Waals surface area contributed by atoms with E-state index < -0.39 is 0 Å². The van der Waals surface area contributed by atoms with Gasteiger partial charge >= 0.3 is 0 Å². The number of hydrogen-bond donors (Lipinski definition) is 1. The highest BCUT2D eigenvalue weighted by Gasteiger charge is 1.90. The average Bonchev–Trinajstić information content (AvgIpc) is 2.11. The Labute approximate surface area is 85.8 Å². The zero-order valence-electron chi connectivity index (χ0n) is 9.00. The largest absolute Gasteiger partial charge is 0.463 e. The Balaban J connectivity index is 4.18. The molecule has 0 bridgehead atoms. The molecule has 0 atom stereocenters. The van der Waals surface area contributed by atoms with E-state index in [1.807, 2.05) is 32.9 Å². The molecule has 0 aliphatic rings. The summed E-state index contributed by atoms with van der Waals surface area (Å²) in [4.78, 5) is 0. The van der Waals surface area contributed by atoms with Gasteiger partial charge in [0.1, 0.15) is 11.5 Å². The Bertz CT molecular complexity index is 291. The second kappa shape index (κ2) is 6.89. The molecule has 2 heteroatoms. The van der Waals surface area contributed by atoms with Crippen LogP contribution >= 0.6 is 0 Å². The summed E-state index contributed by atoms with van der Waals surface area (Å²) in [5.74, 6) is 1.32. The maximum atomic E-state index is 6.78. The van der Waals surface area contributed by atoms with Crippen LogP contribution in [0.25, 0.3) is 0 Å². The van der Waals surface area contributed by atoms with Crippen LogP contribution in [0.3, 0.4) is 0 Å². The second-order valence-corrected chi connectivity index (χ2v) is 3.12. The van der Waals surface area contributed by atoms with Gasteiger partial charge in [-0.15, -0.1) is 0 Å².